The van der Waals surface area contributed by atoms with Gasteiger partial charge in [-0.05, 0) is 28.3 Å². The number of imidazole rings is 2. The number of rotatable bonds is 12. The molecule has 0 spiro atoms. The van der Waals surface area contributed by atoms with Gasteiger partial charge in [-0.2, -0.15) is 5.21 Å². The smallest absolute Gasteiger partial charge is 0.323 e. The lowest BCUT2D eigenvalue weighted by Gasteiger charge is -2.15. The van der Waals surface area contributed by atoms with E-state index in [1.807, 2.05) is 28.8 Å². The lowest BCUT2D eigenvalue weighted by Crippen LogP contribution is -2.34. The number of halogens is 1. The Balaban J connectivity index is 1.34. The van der Waals surface area contributed by atoms with Crippen LogP contribution in [-0.4, -0.2) is 52.2 Å². The second-order valence-corrected chi connectivity index (χ2v) is 9.75. The van der Waals surface area contributed by atoms with Gasteiger partial charge in [-0.25, -0.2) is 9.97 Å². The van der Waals surface area contributed by atoms with Crippen LogP contribution in [0.5, 0.6) is 0 Å². The largest absolute Gasteiger partial charge is 0.458 e. The third-order valence-electron chi connectivity index (χ3n) is 6.60. The molecule has 11 nitrogen and oxygen atoms in total. The Bertz CT molecular complexity index is 1530. The number of tetrazole rings is 1. The maximum atomic E-state index is 12.6. The maximum Gasteiger partial charge on any atom is 0.323 e. The number of esters is 1. The van der Waals surface area contributed by atoms with Crippen molar-refractivity contribution in [1.82, 2.24) is 40.1 Å². The first kappa shape index (κ1) is 27.2. The molecule has 1 atom stereocenters. The van der Waals surface area contributed by atoms with Gasteiger partial charge >= 0.3 is 5.97 Å². The van der Waals surface area contributed by atoms with Gasteiger partial charge in [0.2, 0.25) is 5.82 Å². The van der Waals surface area contributed by atoms with Crippen molar-refractivity contribution in [3.05, 3.63) is 89.0 Å². The highest BCUT2D eigenvalue weighted by Crippen LogP contribution is 2.30. The summed E-state index contributed by atoms with van der Waals surface area (Å²) >= 11 is 6.56. The number of carbonyl (C=O) groups excluding carboxylic acids is 1. The number of carbonyl (C=O) groups is 1. The zero-order valence-corrected chi connectivity index (χ0v) is 22.8. The summed E-state index contributed by atoms with van der Waals surface area (Å²) in [6.07, 6.45) is 6.30. The van der Waals surface area contributed by atoms with Crippen LogP contribution in [0.1, 0.15) is 42.7 Å². The summed E-state index contributed by atoms with van der Waals surface area (Å²) < 4.78 is 7.60. The molecule has 0 bridgehead atoms. The van der Waals surface area contributed by atoms with Gasteiger partial charge in [0, 0.05) is 37.3 Å². The van der Waals surface area contributed by atoms with E-state index in [1.54, 1.807) is 12.4 Å². The van der Waals surface area contributed by atoms with E-state index in [9.17, 15) is 4.79 Å². The van der Waals surface area contributed by atoms with Crippen molar-refractivity contribution in [1.29, 1.82) is 0 Å². The van der Waals surface area contributed by atoms with Gasteiger partial charge in [0.25, 0.3) is 0 Å². The third-order valence-corrected chi connectivity index (χ3v) is 6.90. The minimum atomic E-state index is -0.844. The molecule has 3 heterocycles. The number of aryl methyl sites for hydroxylation is 1. The highest BCUT2D eigenvalue weighted by molar-refractivity contribution is 6.30. The SMILES string of the molecule is CCCCc1nc(Cl)c(COC(=O)C(N)Cc2ncc[nH]2)n1Cc1ccc(-c2ccccc2-c2nn[nH]n2)cc1. The predicted molar refractivity (Wildman–Crippen MR) is 150 cm³/mol. The molecule has 3 aromatic heterocycles. The molecular weight excluding hydrogens is 530 g/mol. The maximum absolute atomic E-state index is 12.6. The van der Waals surface area contributed by atoms with Crippen LogP contribution < -0.4 is 5.73 Å². The molecule has 206 valence electrons. The molecule has 0 fully saturated rings. The van der Waals surface area contributed by atoms with Crippen molar-refractivity contribution in [2.45, 2.75) is 51.8 Å². The van der Waals surface area contributed by atoms with Crippen molar-refractivity contribution in [2.24, 2.45) is 5.73 Å². The van der Waals surface area contributed by atoms with Gasteiger partial charge in [-0.1, -0.05) is 73.5 Å². The van der Waals surface area contributed by atoms with Crippen molar-refractivity contribution in [3.8, 4) is 22.5 Å². The number of ether oxygens (including phenoxy) is 1. The normalized spacial score (nSPS) is 12.0. The van der Waals surface area contributed by atoms with E-state index in [4.69, 9.17) is 22.1 Å². The first-order valence-electron chi connectivity index (χ1n) is 13.1. The van der Waals surface area contributed by atoms with Crippen molar-refractivity contribution >= 4 is 17.6 Å². The average molecular weight is 560 g/mol. The number of aromatic amines is 2. The Labute approximate surface area is 236 Å². The number of nitrogens with two attached hydrogens (primary N) is 1. The molecule has 0 amide bonds. The molecular formula is C28H30ClN9O2. The standard InChI is InChI=1S/C28H30ClN9O2/c1-2-3-8-25-33-26(29)23(17-40-28(39)22(30)15-24-31-13-14-32-24)38(25)16-18-9-11-19(12-10-18)20-6-4-5-7-21(20)27-34-36-37-35-27/h4-7,9-14,22H,2-3,8,15-17,30H2,1H3,(H,31,32)(H,34,35,36,37). The number of benzene rings is 2. The van der Waals surface area contributed by atoms with E-state index in [0.717, 1.165) is 47.3 Å². The fourth-order valence-electron chi connectivity index (χ4n) is 4.48. The number of aromatic nitrogens is 8. The summed E-state index contributed by atoms with van der Waals surface area (Å²) in [6.45, 7) is 2.62. The van der Waals surface area contributed by atoms with E-state index in [2.05, 4.69) is 66.8 Å². The second-order valence-electron chi connectivity index (χ2n) is 9.39. The number of hydrogen-bond donors (Lipinski definition) is 3. The molecule has 4 N–H and O–H groups in total. The monoisotopic (exact) mass is 559 g/mol. The summed E-state index contributed by atoms with van der Waals surface area (Å²) in [5.41, 5.74) is 10.7. The number of H-pyrrole nitrogens is 2. The van der Waals surface area contributed by atoms with Crippen LogP contribution in [0.3, 0.4) is 0 Å². The molecule has 2 aromatic carbocycles. The molecule has 0 aliphatic rings. The van der Waals surface area contributed by atoms with Gasteiger partial charge in [-0.3, -0.25) is 4.79 Å². The minimum Gasteiger partial charge on any atom is -0.458 e. The fraction of sp³-hybridized carbons (Fsp3) is 0.286. The van der Waals surface area contributed by atoms with Crippen LogP contribution in [0.4, 0.5) is 0 Å². The average Bonchev–Trinajstić information content (AvgIpc) is 3.74. The summed E-state index contributed by atoms with van der Waals surface area (Å²) in [4.78, 5) is 24.3. The number of hydrogen-bond acceptors (Lipinski definition) is 8. The van der Waals surface area contributed by atoms with Crippen molar-refractivity contribution < 1.29 is 9.53 Å². The lowest BCUT2D eigenvalue weighted by molar-refractivity contribution is -0.146. The molecule has 0 aliphatic carbocycles. The summed E-state index contributed by atoms with van der Waals surface area (Å²) in [7, 11) is 0. The first-order valence-corrected chi connectivity index (χ1v) is 13.5. The first-order chi connectivity index (χ1) is 19.5. The Morgan fingerprint density at radius 2 is 1.95 bits per heavy atom. The molecule has 0 saturated heterocycles. The third kappa shape index (κ3) is 6.27. The van der Waals surface area contributed by atoms with Crippen LogP contribution in [0.25, 0.3) is 22.5 Å². The number of nitrogens with one attached hydrogen (secondary N) is 2. The Morgan fingerprint density at radius 3 is 2.65 bits per heavy atom. The van der Waals surface area contributed by atoms with E-state index in [1.165, 1.54) is 0 Å². The lowest BCUT2D eigenvalue weighted by atomic mass is 9.98. The summed E-state index contributed by atoms with van der Waals surface area (Å²) in [5.74, 6) is 1.48. The van der Waals surface area contributed by atoms with E-state index < -0.39 is 12.0 Å². The van der Waals surface area contributed by atoms with Crippen molar-refractivity contribution in [3.63, 3.8) is 0 Å². The summed E-state index contributed by atoms with van der Waals surface area (Å²) in [6, 6.07) is 15.3. The van der Waals surface area contributed by atoms with Gasteiger partial charge in [0.1, 0.15) is 24.3 Å². The van der Waals surface area contributed by atoms with Crippen LogP contribution >= 0.6 is 11.6 Å². The topological polar surface area (TPSA) is 153 Å². The second kappa shape index (κ2) is 12.7. The van der Waals surface area contributed by atoms with E-state index in [-0.39, 0.29) is 13.0 Å². The molecule has 40 heavy (non-hydrogen) atoms. The highest BCUT2D eigenvalue weighted by Gasteiger charge is 2.21. The van der Waals surface area contributed by atoms with Gasteiger partial charge in [-0.15, -0.1) is 10.2 Å². The Kier molecular flexibility index (Phi) is 8.62. The molecule has 0 aliphatic heterocycles. The fourth-order valence-corrected chi connectivity index (χ4v) is 4.74. The van der Waals surface area contributed by atoms with Gasteiger partial charge in [0.15, 0.2) is 5.15 Å². The molecule has 5 aromatic rings. The number of nitrogens with zero attached hydrogens (tertiary/aromatic N) is 6. The number of unbranched alkanes of at least 4 members (excludes halogenated alkanes) is 1. The Hall–Kier alpha value is -4.35. The predicted octanol–water partition coefficient (Wildman–Crippen LogP) is 4.11. The van der Waals surface area contributed by atoms with Crippen LogP contribution in [0, 0.1) is 0 Å². The van der Waals surface area contributed by atoms with Crippen molar-refractivity contribution in [2.75, 3.05) is 0 Å². The Morgan fingerprint density at radius 1 is 1.15 bits per heavy atom. The molecule has 0 saturated carbocycles. The zero-order valence-electron chi connectivity index (χ0n) is 22.0. The molecule has 12 heteroatoms. The van der Waals surface area contributed by atoms with E-state index >= 15 is 0 Å². The highest BCUT2D eigenvalue weighted by atomic mass is 35.5. The van der Waals surface area contributed by atoms with Crippen LogP contribution in [-0.2, 0) is 35.5 Å². The molecule has 1 unspecified atom stereocenters. The minimum absolute atomic E-state index is 0.0290. The molecule has 0 radical (unpaired) electrons. The molecule has 5 rings (SSSR count). The van der Waals surface area contributed by atoms with Crippen LogP contribution in [0.2, 0.25) is 5.15 Å². The quantitative estimate of drug-likeness (QED) is 0.193. The van der Waals surface area contributed by atoms with Gasteiger partial charge in [0.05, 0.1) is 5.69 Å². The van der Waals surface area contributed by atoms with E-state index in [0.29, 0.717) is 29.0 Å². The zero-order chi connectivity index (χ0) is 27.9. The van der Waals surface area contributed by atoms with Gasteiger partial charge < -0.3 is 20.0 Å². The van der Waals surface area contributed by atoms with Crippen LogP contribution in [0.15, 0.2) is 60.9 Å². The summed E-state index contributed by atoms with van der Waals surface area (Å²) in [5, 5.41) is 14.8.